The number of nitrogens with one attached hydrogen (secondary N) is 1. The molecule has 14 heavy (non-hydrogen) atoms. The van der Waals surface area contributed by atoms with Gasteiger partial charge in [0.25, 0.3) is 0 Å². The van der Waals surface area contributed by atoms with Crippen LogP contribution in [0.25, 0.3) is 0 Å². The van der Waals surface area contributed by atoms with E-state index in [0.717, 1.165) is 5.56 Å². The zero-order valence-corrected chi connectivity index (χ0v) is 9.27. The molecule has 0 aliphatic carbocycles. The molecule has 1 rings (SSSR count). The lowest BCUT2D eigenvalue weighted by molar-refractivity contribution is 0.252. The maximum absolute atomic E-state index is 12.9. The monoisotopic (exact) mass is 216 g/mol. The van der Waals surface area contributed by atoms with Gasteiger partial charge in [-0.3, -0.25) is 5.01 Å². The van der Waals surface area contributed by atoms with Crippen molar-refractivity contribution in [1.29, 1.82) is 0 Å². The number of rotatable bonds is 3. The van der Waals surface area contributed by atoms with E-state index in [4.69, 9.17) is 11.6 Å². The maximum atomic E-state index is 12.9. The lowest BCUT2D eigenvalue weighted by Gasteiger charge is -2.19. The summed E-state index contributed by atoms with van der Waals surface area (Å²) in [7, 11) is 3.81. The summed E-state index contributed by atoms with van der Waals surface area (Å²) in [6.45, 7) is 1.99. The second kappa shape index (κ2) is 4.73. The van der Waals surface area contributed by atoms with Crippen LogP contribution in [0.2, 0.25) is 5.02 Å². The molecule has 0 bridgehead atoms. The first kappa shape index (κ1) is 11.4. The van der Waals surface area contributed by atoms with Crippen LogP contribution in [0.1, 0.15) is 18.5 Å². The van der Waals surface area contributed by atoms with Crippen LogP contribution < -0.4 is 5.43 Å². The fourth-order valence-corrected chi connectivity index (χ4v) is 1.43. The number of benzene rings is 1. The first-order valence-corrected chi connectivity index (χ1v) is 4.77. The highest BCUT2D eigenvalue weighted by Crippen LogP contribution is 2.20. The quantitative estimate of drug-likeness (QED) is 0.782. The van der Waals surface area contributed by atoms with Gasteiger partial charge in [-0.05, 0) is 24.6 Å². The van der Waals surface area contributed by atoms with Crippen LogP contribution in [0, 0.1) is 5.82 Å². The molecule has 0 spiro atoms. The molecule has 0 amide bonds. The number of hydrogen-bond donors (Lipinski definition) is 1. The van der Waals surface area contributed by atoms with E-state index in [1.165, 1.54) is 6.07 Å². The summed E-state index contributed by atoms with van der Waals surface area (Å²) < 4.78 is 12.9. The molecule has 0 saturated heterocycles. The summed E-state index contributed by atoms with van der Waals surface area (Å²) in [4.78, 5) is 0. The smallest absolute Gasteiger partial charge is 0.141 e. The van der Waals surface area contributed by atoms with Gasteiger partial charge in [0.15, 0.2) is 0 Å². The zero-order chi connectivity index (χ0) is 10.7. The predicted molar refractivity (Wildman–Crippen MR) is 56.6 cm³/mol. The van der Waals surface area contributed by atoms with Crippen LogP contribution in [0.3, 0.4) is 0 Å². The number of hydrogen-bond acceptors (Lipinski definition) is 2. The number of nitrogens with zero attached hydrogens (tertiary/aromatic N) is 1. The molecule has 1 N–H and O–H groups in total. The van der Waals surface area contributed by atoms with Gasteiger partial charge in [0.1, 0.15) is 5.82 Å². The minimum absolute atomic E-state index is 0.114. The first-order chi connectivity index (χ1) is 6.50. The van der Waals surface area contributed by atoms with E-state index in [9.17, 15) is 4.39 Å². The van der Waals surface area contributed by atoms with Gasteiger partial charge in [-0.2, -0.15) is 0 Å². The van der Waals surface area contributed by atoms with Crippen molar-refractivity contribution in [3.05, 3.63) is 34.6 Å². The minimum atomic E-state index is -0.382. The van der Waals surface area contributed by atoms with Crippen molar-refractivity contribution < 1.29 is 4.39 Å². The van der Waals surface area contributed by atoms with Gasteiger partial charge in [0.05, 0.1) is 5.02 Å². The maximum Gasteiger partial charge on any atom is 0.141 e. The first-order valence-electron chi connectivity index (χ1n) is 4.39. The SMILES string of the molecule is CC(NN(C)C)c1ccc(F)c(Cl)c1. The second-order valence-corrected chi connectivity index (χ2v) is 3.83. The topological polar surface area (TPSA) is 15.3 Å². The lowest BCUT2D eigenvalue weighted by atomic mass is 10.1. The van der Waals surface area contributed by atoms with E-state index in [0.29, 0.717) is 0 Å². The van der Waals surface area contributed by atoms with Gasteiger partial charge in [-0.15, -0.1) is 0 Å². The van der Waals surface area contributed by atoms with Gasteiger partial charge in [0.2, 0.25) is 0 Å². The Balaban J connectivity index is 2.80. The van der Waals surface area contributed by atoms with E-state index < -0.39 is 0 Å². The van der Waals surface area contributed by atoms with E-state index >= 15 is 0 Å². The summed E-state index contributed by atoms with van der Waals surface area (Å²) in [6.07, 6.45) is 0. The van der Waals surface area contributed by atoms with Crippen molar-refractivity contribution in [3.8, 4) is 0 Å². The molecule has 0 radical (unpaired) electrons. The van der Waals surface area contributed by atoms with Crippen molar-refractivity contribution in [2.24, 2.45) is 0 Å². The van der Waals surface area contributed by atoms with Crippen molar-refractivity contribution >= 4 is 11.6 Å². The van der Waals surface area contributed by atoms with Gasteiger partial charge in [0, 0.05) is 20.1 Å². The Kier molecular flexibility index (Phi) is 3.86. The molecule has 1 aromatic carbocycles. The average molecular weight is 217 g/mol. The standard InChI is InChI=1S/C10H14ClFN2/c1-7(13-14(2)3)8-4-5-10(12)9(11)6-8/h4-7,13H,1-3H3. The Bertz CT molecular complexity index is 315. The Hall–Kier alpha value is -0.640. The Morgan fingerprint density at radius 2 is 2.07 bits per heavy atom. The Labute approximate surface area is 88.6 Å². The van der Waals surface area contributed by atoms with E-state index in [2.05, 4.69) is 5.43 Å². The van der Waals surface area contributed by atoms with E-state index in [-0.39, 0.29) is 16.9 Å². The molecule has 4 heteroatoms. The molecule has 1 atom stereocenters. The highest BCUT2D eigenvalue weighted by molar-refractivity contribution is 6.30. The summed E-state index contributed by atoms with van der Waals surface area (Å²) >= 11 is 5.68. The summed E-state index contributed by atoms with van der Waals surface area (Å²) in [5.74, 6) is -0.382. The average Bonchev–Trinajstić information content (AvgIpc) is 2.08. The largest absolute Gasteiger partial charge is 0.250 e. The van der Waals surface area contributed by atoms with Gasteiger partial charge in [-0.1, -0.05) is 17.7 Å². The third-order valence-corrected chi connectivity index (χ3v) is 2.19. The molecule has 2 nitrogen and oxygen atoms in total. The van der Waals surface area contributed by atoms with Crippen LogP contribution in [0.4, 0.5) is 4.39 Å². The third kappa shape index (κ3) is 2.94. The van der Waals surface area contributed by atoms with Gasteiger partial charge < -0.3 is 0 Å². The van der Waals surface area contributed by atoms with Crippen LogP contribution in [0.5, 0.6) is 0 Å². The fourth-order valence-electron chi connectivity index (χ4n) is 1.24. The van der Waals surface area contributed by atoms with Crippen molar-refractivity contribution in [3.63, 3.8) is 0 Å². The van der Waals surface area contributed by atoms with Crippen molar-refractivity contribution in [1.82, 2.24) is 10.4 Å². The normalized spacial score (nSPS) is 13.3. The minimum Gasteiger partial charge on any atom is -0.250 e. The van der Waals surface area contributed by atoms with Crippen LogP contribution in [0.15, 0.2) is 18.2 Å². The van der Waals surface area contributed by atoms with Crippen molar-refractivity contribution in [2.45, 2.75) is 13.0 Å². The van der Waals surface area contributed by atoms with Crippen LogP contribution >= 0.6 is 11.6 Å². The summed E-state index contributed by atoms with van der Waals surface area (Å²) in [5, 5.41) is 2.01. The molecule has 0 aliphatic heterocycles. The zero-order valence-electron chi connectivity index (χ0n) is 8.51. The van der Waals surface area contributed by atoms with E-state index in [1.807, 2.05) is 26.0 Å². The molecule has 0 fully saturated rings. The molecular formula is C10H14ClFN2. The fraction of sp³-hybridized carbons (Fsp3) is 0.400. The Morgan fingerprint density at radius 3 is 2.57 bits per heavy atom. The summed E-state index contributed by atoms with van der Waals surface area (Å²) in [6, 6.07) is 4.86. The number of hydrazine groups is 1. The van der Waals surface area contributed by atoms with Crippen LogP contribution in [-0.2, 0) is 0 Å². The molecule has 0 heterocycles. The predicted octanol–water partition coefficient (Wildman–Crippen LogP) is 2.61. The molecule has 1 aromatic rings. The Morgan fingerprint density at radius 1 is 1.43 bits per heavy atom. The highest BCUT2D eigenvalue weighted by Gasteiger charge is 2.08. The molecule has 0 aliphatic rings. The number of halogens is 2. The molecule has 78 valence electrons. The molecular weight excluding hydrogens is 203 g/mol. The van der Waals surface area contributed by atoms with Gasteiger partial charge >= 0.3 is 0 Å². The molecule has 1 unspecified atom stereocenters. The third-order valence-electron chi connectivity index (χ3n) is 1.90. The van der Waals surface area contributed by atoms with Crippen LogP contribution in [-0.4, -0.2) is 19.1 Å². The molecule has 0 saturated carbocycles. The molecule has 0 aromatic heterocycles. The van der Waals surface area contributed by atoms with Gasteiger partial charge in [-0.25, -0.2) is 9.82 Å². The van der Waals surface area contributed by atoms with E-state index in [1.54, 1.807) is 12.1 Å². The van der Waals surface area contributed by atoms with Crippen molar-refractivity contribution in [2.75, 3.05) is 14.1 Å². The lowest BCUT2D eigenvalue weighted by Crippen LogP contribution is -2.32. The second-order valence-electron chi connectivity index (χ2n) is 3.42. The summed E-state index contributed by atoms with van der Waals surface area (Å²) in [5.41, 5.74) is 4.12. The highest BCUT2D eigenvalue weighted by atomic mass is 35.5.